The zero-order valence-electron chi connectivity index (χ0n) is 22.3. The maximum absolute atomic E-state index is 15.2. The van der Waals surface area contributed by atoms with Gasteiger partial charge in [0.2, 0.25) is 14.1 Å². The van der Waals surface area contributed by atoms with E-state index in [2.05, 4.69) is 19.2 Å². The fourth-order valence-electron chi connectivity index (χ4n) is 4.26. The van der Waals surface area contributed by atoms with E-state index < -0.39 is 75.4 Å². The highest BCUT2D eigenvalue weighted by Gasteiger charge is 2.40. The molecular weight excluding hydrogens is 642 g/mol. The van der Waals surface area contributed by atoms with Gasteiger partial charge in [0, 0.05) is 24.7 Å². The van der Waals surface area contributed by atoms with Crippen LogP contribution in [0.1, 0.15) is 12.0 Å². The van der Waals surface area contributed by atoms with Crippen LogP contribution in [0.15, 0.2) is 35.1 Å². The predicted octanol–water partition coefficient (Wildman–Crippen LogP) is 1.42. The zero-order chi connectivity index (χ0) is 32.2. The second kappa shape index (κ2) is 13.8. The number of carbonyl (C=O) groups excluding carboxylic acids is 3. The van der Waals surface area contributed by atoms with Crippen molar-refractivity contribution >= 4 is 45.0 Å². The summed E-state index contributed by atoms with van der Waals surface area (Å²) >= 11 is 0. The molecule has 0 spiro atoms. The summed E-state index contributed by atoms with van der Waals surface area (Å²) in [5.74, 6) is -2.82. The van der Waals surface area contributed by atoms with Gasteiger partial charge in [-0.15, -0.1) is 0 Å². The first-order valence-corrected chi connectivity index (χ1v) is 15.6. The summed E-state index contributed by atoms with van der Waals surface area (Å²) < 4.78 is 76.5. The van der Waals surface area contributed by atoms with E-state index in [1.807, 2.05) is 0 Å². The molecule has 4 rings (SSSR count). The van der Waals surface area contributed by atoms with Crippen LogP contribution in [0.3, 0.4) is 0 Å². The number of hydrogen-bond donors (Lipinski definition) is 4. The zero-order valence-corrected chi connectivity index (χ0v) is 24.2. The smallest absolute Gasteiger partial charge is 0.471 e. The number of amides is 2. The molecule has 2 unspecified atom stereocenters. The SMILES string of the molecule is O=C(OC([PH](=O)O)P(=O)(O)O)O[C@@H](CO)C(=O)N1CC=C(c2c(F)cc(N3C[C@H](COc4ccon4)OC3=O)cc2F)CC1. The van der Waals surface area contributed by atoms with Crippen LogP contribution in [0.2, 0.25) is 0 Å². The number of rotatable bonds is 11. The van der Waals surface area contributed by atoms with Crippen LogP contribution >= 0.6 is 15.6 Å². The molecule has 0 bridgehead atoms. The van der Waals surface area contributed by atoms with E-state index >= 15 is 8.78 Å². The minimum atomic E-state index is -5.36. The summed E-state index contributed by atoms with van der Waals surface area (Å²) in [6, 6.07) is 3.35. The van der Waals surface area contributed by atoms with E-state index in [1.165, 1.54) is 18.4 Å². The van der Waals surface area contributed by atoms with Gasteiger partial charge in [-0.25, -0.2) is 18.4 Å². The Balaban J connectivity index is 1.38. The van der Waals surface area contributed by atoms with Gasteiger partial charge < -0.3 is 48.2 Å². The number of ether oxygens (including phenoxy) is 4. The van der Waals surface area contributed by atoms with Gasteiger partial charge in [-0.2, -0.15) is 0 Å². The van der Waals surface area contributed by atoms with Gasteiger partial charge >= 0.3 is 19.8 Å². The first kappa shape index (κ1) is 33.0. The summed E-state index contributed by atoms with van der Waals surface area (Å²) in [6.45, 7) is -1.63. The van der Waals surface area contributed by atoms with Crippen LogP contribution in [0, 0.1) is 11.6 Å². The van der Waals surface area contributed by atoms with Crippen LogP contribution in [0.4, 0.5) is 24.1 Å². The second-order valence-electron chi connectivity index (χ2n) is 9.25. The number of anilines is 1. The summed E-state index contributed by atoms with van der Waals surface area (Å²) in [7, 11) is -9.43. The number of nitrogens with zero attached hydrogens (tertiary/aromatic N) is 3. The quantitative estimate of drug-likeness (QED) is 0.196. The summed E-state index contributed by atoms with van der Waals surface area (Å²) in [4.78, 5) is 66.1. The Kier molecular flexibility index (Phi) is 10.4. The Morgan fingerprint density at radius 3 is 2.48 bits per heavy atom. The molecule has 0 saturated carbocycles. The molecule has 240 valence electrons. The van der Waals surface area contributed by atoms with Crippen molar-refractivity contribution in [3.8, 4) is 5.88 Å². The van der Waals surface area contributed by atoms with Crippen molar-refractivity contribution in [2.45, 2.75) is 24.2 Å². The molecule has 1 saturated heterocycles. The van der Waals surface area contributed by atoms with Crippen LogP contribution in [0.25, 0.3) is 5.57 Å². The van der Waals surface area contributed by atoms with Crippen molar-refractivity contribution in [1.82, 2.24) is 10.1 Å². The summed E-state index contributed by atoms with van der Waals surface area (Å²) in [5.41, 5.74) is -3.05. The topological polar surface area (TPSA) is 236 Å². The fraction of sp³-hybridized carbons (Fsp3) is 0.391. The molecule has 4 atom stereocenters. The molecule has 0 radical (unpaired) electrons. The predicted molar refractivity (Wildman–Crippen MR) is 141 cm³/mol. The standard InChI is InChI=1S/C23H25F2N3O14P2/c24-15-7-13(28-9-14(40-21(28)31)11-38-18-3-6-39-26-18)8-16(25)19(15)12-1-4-27(5-2-12)20(30)17(10-29)41-22(32)42-23(43(33)34)44(35,36)37/h1,3,6-8,14,17,23,29,43H,2,4-5,9-11H2,(H,33,34)(H2,35,36,37)/t14-,17+,23?/m1/s1. The van der Waals surface area contributed by atoms with Gasteiger partial charge in [-0.3, -0.25) is 18.8 Å². The molecule has 1 fully saturated rings. The molecule has 44 heavy (non-hydrogen) atoms. The lowest BCUT2D eigenvalue weighted by molar-refractivity contribution is -0.143. The molecule has 2 amide bonds. The minimum absolute atomic E-state index is 0.0603. The molecule has 3 heterocycles. The molecular formula is C23H25F2N3O14P2. The number of halogens is 2. The third kappa shape index (κ3) is 7.80. The number of aliphatic hydroxyl groups excluding tert-OH is 1. The number of benzene rings is 1. The summed E-state index contributed by atoms with van der Waals surface area (Å²) in [6.07, 6.45) is -2.90. The number of aromatic nitrogens is 1. The van der Waals surface area contributed by atoms with Crippen LogP contribution < -0.4 is 9.64 Å². The highest BCUT2D eigenvalue weighted by molar-refractivity contribution is 7.65. The lowest BCUT2D eigenvalue weighted by atomic mass is 9.97. The molecule has 2 aliphatic heterocycles. The van der Waals surface area contributed by atoms with E-state index in [0.717, 1.165) is 21.9 Å². The van der Waals surface area contributed by atoms with Crippen LogP contribution in [0.5, 0.6) is 5.88 Å². The highest BCUT2D eigenvalue weighted by Crippen LogP contribution is 2.52. The Labute approximate surface area is 246 Å². The maximum Gasteiger partial charge on any atom is 0.510 e. The highest BCUT2D eigenvalue weighted by atomic mass is 31.2. The largest absolute Gasteiger partial charge is 0.510 e. The number of cyclic esters (lactones) is 1. The van der Waals surface area contributed by atoms with Crippen molar-refractivity contribution < 1.29 is 75.6 Å². The van der Waals surface area contributed by atoms with Crippen molar-refractivity contribution in [2.75, 3.05) is 37.7 Å². The van der Waals surface area contributed by atoms with Gasteiger partial charge in [0.25, 0.3) is 17.4 Å². The third-order valence-corrected chi connectivity index (χ3v) is 9.22. The summed E-state index contributed by atoms with van der Waals surface area (Å²) in [5, 5.41) is 13.1. The average Bonchev–Trinajstić information content (AvgIpc) is 3.61. The molecule has 0 aliphatic carbocycles. The Hall–Kier alpha value is -3.86. The minimum Gasteiger partial charge on any atom is -0.471 e. The lowest BCUT2D eigenvalue weighted by Gasteiger charge is -2.29. The number of hydrogen-bond acceptors (Lipinski definition) is 12. The molecule has 2 aromatic rings. The van der Waals surface area contributed by atoms with Crippen LogP contribution in [-0.2, 0) is 28.1 Å². The molecule has 17 nitrogen and oxygen atoms in total. The lowest BCUT2D eigenvalue weighted by Crippen LogP contribution is -2.45. The van der Waals surface area contributed by atoms with Crippen molar-refractivity contribution in [3.63, 3.8) is 0 Å². The third-order valence-electron chi connectivity index (χ3n) is 6.29. The molecule has 2 aliphatic rings. The molecule has 21 heteroatoms. The number of aliphatic hydroxyl groups is 1. The Morgan fingerprint density at radius 2 is 1.93 bits per heavy atom. The van der Waals surface area contributed by atoms with E-state index in [0.29, 0.717) is 0 Å². The molecule has 1 aromatic carbocycles. The van der Waals surface area contributed by atoms with Gasteiger partial charge in [-0.1, -0.05) is 6.08 Å². The van der Waals surface area contributed by atoms with Crippen molar-refractivity contribution in [1.29, 1.82) is 0 Å². The first-order chi connectivity index (χ1) is 20.8. The normalized spacial score (nSPS) is 19.1. The van der Waals surface area contributed by atoms with Crippen molar-refractivity contribution in [2.24, 2.45) is 0 Å². The monoisotopic (exact) mass is 667 g/mol. The fourth-order valence-corrected chi connectivity index (χ4v) is 5.83. The Bertz CT molecular complexity index is 1480. The average molecular weight is 667 g/mol. The van der Waals surface area contributed by atoms with Crippen molar-refractivity contribution in [3.05, 3.63) is 47.7 Å². The molecule has 4 N–H and O–H groups in total. The van der Waals surface area contributed by atoms with Gasteiger partial charge in [-0.05, 0) is 29.3 Å². The van der Waals surface area contributed by atoms with Crippen LogP contribution in [-0.4, -0.2) is 98.6 Å². The number of carbonyl (C=O) groups is 3. The Morgan fingerprint density at radius 1 is 1.23 bits per heavy atom. The van der Waals surface area contributed by atoms with E-state index in [4.69, 9.17) is 24.2 Å². The second-order valence-corrected chi connectivity index (χ2v) is 12.6. The van der Waals surface area contributed by atoms with Gasteiger partial charge in [0.1, 0.15) is 24.5 Å². The van der Waals surface area contributed by atoms with Gasteiger partial charge in [0.05, 0.1) is 18.8 Å². The molecule has 1 aromatic heterocycles. The van der Waals surface area contributed by atoms with E-state index in [9.17, 15) is 28.6 Å². The van der Waals surface area contributed by atoms with E-state index in [1.54, 1.807) is 0 Å². The van der Waals surface area contributed by atoms with Gasteiger partial charge in [0.15, 0.2) is 6.10 Å². The van der Waals surface area contributed by atoms with E-state index in [-0.39, 0.29) is 49.8 Å². The first-order valence-electron chi connectivity index (χ1n) is 12.5. The maximum atomic E-state index is 15.2.